The normalized spacial score (nSPS) is 12.0. The van der Waals surface area contributed by atoms with Crippen molar-refractivity contribution >= 4 is 11.7 Å². The van der Waals surface area contributed by atoms with E-state index in [4.69, 9.17) is 5.53 Å². The number of halogens is 6. The Hall–Kier alpha value is -2.35. The Labute approximate surface area is 113 Å². The van der Waals surface area contributed by atoms with Crippen molar-refractivity contribution in [2.24, 2.45) is 0 Å². The number of carboxylic acid groups (broad SMARTS) is 1. The third-order valence-electron chi connectivity index (χ3n) is 2.59. The highest BCUT2D eigenvalue weighted by molar-refractivity contribution is 6.39. The maximum atomic E-state index is 12.7. The molecule has 4 nitrogen and oxygen atoms in total. The number of aliphatic carboxylic acids is 1. The Morgan fingerprint density at radius 1 is 1.14 bits per heavy atom. The number of carbonyl (C=O) groups excluding carboxylic acids is 1. The van der Waals surface area contributed by atoms with E-state index in [-0.39, 0.29) is 12.1 Å². The van der Waals surface area contributed by atoms with Gasteiger partial charge in [0.25, 0.3) is 0 Å². The lowest BCUT2D eigenvalue weighted by Crippen LogP contribution is -2.34. The number of hydrogen-bond acceptors (Lipinski definition) is 2. The van der Waals surface area contributed by atoms with Crippen LogP contribution < -0.4 is 5.11 Å². The smallest absolute Gasteiger partial charge is 0.416 e. The summed E-state index contributed by atoms with van der Waals surface area (Å²) < 4.78 is 76.0. The molecule has 0 aromatic heterocycles. The molecule has 114 valence electrons. The van der Waals surface area contributed by atoms with Gasteiger partial charge in [-0.25, -0.2) is 0 Å². The van der Waals surface area contributed by atoms with Crippen LogP contribution in [0.1, 0.15) is 22.3 Å². The molecule has 10 heteroatoms. The van der Waals surface area contributed by atoms with Gasteiger partial charge in [0.1, 0.15) is 0 Å². The molecule has 21 heavy (non-hydrogen) atoms. The molecular formula is C11H5F6N2O2-. The average molecular weight is 311 g/mol. The highest BCUT2D eigenvalue weighted by Crippen LogP contribution is 2.38. The molecule has 0 radical (unpaired) electrons. The van der Waals surface area contributed by atoms with Gasteiger partial charge < -0.3 is 15.4 Å². The minimum absolute atomic E-state index is 0.148. The van der Waals surface area contributed by atoms with E-state index >= 15 is 0 Å². The monoisotopic (exact) mass is 311 g/mol. The van der Waals surface area contributed by atoms with Crippen LogP contribution in [0.5, 0.6) is 0 Å². The first-order valence-corrected chi connectivity index (χ1v) is 5.12. The molecule has 0 fully saturated rings. The molecule has 0 saturated carbocycles. The fourth-order valence-electron chi connectivity index (χ4n) is 1.62. The third kappa shape index (κ3) is 3.40. The van der Waals surface area contributed by atoms with Gasteiger partial charge in [-0.3, -0.25) is 0 Å². The Morgan fingerprint density at radius 3 is 2.00 bits per heavy atom. The lowest BCUT2D eigenvalue weighted by molar-refractivity contribution is -0.297. The predicted molar refractivity (Wildman–Crippen MR) is 53.9 cm³/mol. The first-order valence-electron chi connectivity index (χ1n) is 5.12. The molecule has 0 aliphatic carbocycles. The summed E-state index contributed by atoms with van der Waals surface area (Å²) >= 11 is 0. The second-order valence-corrected chi connectivity index (χ2v) is 3.93. The molecule has 1 rings (SSSR count). The first-order chi connectivity index (χ1) is 9.39. The van der Waals surface area contributed by atoms with Crippen molar-refractivity contribution in [2.45, 2.75) is 19.3 Å². The summed E-state index contributed by atoms with van der Waals surface area (Å²) in [6, 6.07) is -0.00146. The van der Waals surface area contributed by atoms with Gasteiger partial charge in [0.15, 0.2) is 5.97 Å². The SMILES string of the molecule is Cc1c(C(=[N+]=[N-])C(=O)[O-])cc(C(F)(F)F)cc1C(F)(F)F. The molecule has 0 spiro atoms. The van der Waals surface area contributed by atoms with Crippen LogP contribution in [-0.4, -0.2) is 16.5 Å². The summed E-state index contributed by atoms with van der Waals surface area (Å²) in [6.07, 6.45) is -10.3. The van der Waals surface area contributed by atoms with E-state index in [0.717, 1.165) is 6.92 Å². The molecule has 1 aromatic rings. The summed E-state index contributed by atoms with van der Waals surface area (Å²) in [5, 5.41) is 10.6. The molecule has 0 aliphatic heterocycles. The summed E-state index contributed by atoms with van der Waals surface area (Å²) in [7, 11) is 0. The van der Waals surface area contributed by atoms with E-state index in [1.807, 2.05) is 0 Å². The molecule has 0 aliphatic rings. The van der Waals surface area contributed by atoms with E-state index in [1.54, 1.807) is 0 Å². The Bertz CT molecular complexity index is 641. The maximum Gasteiger partial charge on any atom is 0.416 e. The third-order valence-corrected chi connectivity index (χ3v) is 2.59. The lowest BCUT2D eigenvalue weighted by atomic mass is 9.95. The fraction of sp³-hybridized carbons (Fsp3) is 0.273. The van der Waals surface area contributed by atoms with Crippen LogP contribution in [0.25, 0.3) is 5.53 Å². The molecule has 0 saturated heterocycles. The molecule has 1 aromatic carbocycles. The summed E-state index contributed by atoms with van der Waals surface area (Å²) in [4.78, 5) is 12.8. The molecule has 0 amide bonds. The van der Waals surface area contributed by atoms with Crippen LogP contribution in [-0.2, 0) is 17.1 Å². The topological polar surface area (TPSA) is 76.5 Å². The second-order valence-electron chi connectivity index (χ2n) is 3.93. The van der Waals surface area contributed by atoms with Crippen molar-refractivity contribution in [1.29, 1.82) is 0 Å². The highest BCUT2D eigenvalue weighted by atomic mass is 19.4. The van der Waals surface area contributed by atoms with E-state index in [9.17, 15) is 36.2 Å². The zero-order chi connectivity index (χ0) is 16.6. The summed E-state index contributed by atoms with van der Waals surface area (Å²) in [5.41, 5.74) is 1.78. The van der Waals surface area contributed by atoms with Crippen LogP contribution in [0.15, 0.2) is 12.1 Å². The van der Waals surface area contributed by atoms with Crippen molar-refractivity contribution in [1.82, 2.24) is 0 Å². The number of rotatable bonds is 2. The largest absolute Gasteiger partial charge is 0.539 e. The van der Waals surface area contributed by atoms with Crippen LogP contribution >= 0.6 is 0 Å². The maximum absolute atomic E-state index is 12.7. The van der Waals surface area contributed by atoms with E-state index in [0.29, 0.717) is 0 Å². The van der Waals surface area contributed by atoms with Gasteiger partial charge in [-0.2, -0.15) is 31.1 Å². The average Bonchev–Trinajstić information content (AvgIpc) is 2.28. The standard InChI is InChI=1S/C11H6F6N2O2/c1-4-6(8(19-18)9(20)21)2-5(10(12,13)14)3-7(4)11(15,16)17/h2-3H,1H3,(H,20,21)/p-1. The van der Waals surface area contributed by atoms with E-state index < -0.39 is 46.3 Å². The summed E-state index contributed by atoms with van der Waals surface area (Å²) in [5.74, 6) is -2.21. The first kappa shape index (κ1) is 16.7. The van der Waals surface area contributed by atoms with Crippen molar-refractivity contribution in [2.75, 3.05) is 0 Å². The van der Waals surface area contributed by atoms with Gasteiger partial charge in [-0.15, -0.1) is 0 Å². The van der Waals surface area contributed by atoms with E-state index in [2.05, 4.69) is 4.79 Å². The molecule has 0 atom stereocenters. The van der Waals surface area contributed by atoms with Gasteiger partial charge in [0, 0.05) is 0 Å². The number of nitrogens with zero attached hydrogens (tertiary/aromatic N) is 2. The minimum Gasteiger partial charge on any atom is -0.539 e. The van der Waals surface area contributed by atoms with Gasteiger partial charge in [-0.05, 0) is 24.6 Å². The van der Waals surface area contributed by atoms with Gasteiger partial charge in [0.05, 0.1) is 16.7 Å². The minimum atomic E-state index is -5.15. The van der Waals surface area contributed by atoms with Crippen molar-refractivity contribution in [3.05, 3.63) is 39.9 Å². The lowest BCUT2D eigenvalue weighted by Gasteiger charge is -2.16. The van der Waals surface area contributed by atoms with Crippen molar-refractivity contribution < 1.29 is 41.0 Å². The molecule has 0 N–H and O–H groups in total. The number of carbonyl (C=O) groups is 1. The van der Waals surface area contributed by atoms with Crippen LogP contribution in [0, 0.1) is 6.92 Å². The predicted octanol–water partition coefficient (Wildman–Crippen LogP) is 1.80. The zero-order valence-electron chi connectivity index (χ0n) is 10.1. The number of benzene rings is 1. The Balaban J connectivity index is 3.81. The van der Waals surface area contributed by atoms with Crippen molar-refractivity contribution in [3.8, 4) is 0 Å². The van der Waals surface area contributed by atoms with Crippen LogP contribution in [0.2, 0.25) is 0 Å². The van der Waals surface area contributed by atoms with Crippen LogP contribution in [0.4, 0.5) is 26.3 Å². The van der Waals surface area contributed by atoms with Gasteiger partial charge >= 0.3 is 18.1 Å². The molecule has 0 unspecified atom stereocenters. The fourth-order valence-corrected chi connectivity index (χ4v) is 1.62. The van der Waals surface area contributed by atoms with Gasteiger partial charge in [-0.1, -0.05) is 0 Å². The quantitative estimate of drug-likeness (QED) is 0.361. The van der Waals surface area contributed by atoms with Gasteiger partial charge in [0.2, 0.25) is 0 Å². The van der Waals surface area contributed by atoms with E-state index in [1.165, 1.54) is 0 Å². The highest BCUT2D eigenvalue weighted by Gasteiger charge is 2.40. The van der Waals surface area contributed by atoms with Crippen molar-refractivity contribution in [3.63, 3.8) is 0 Å². The zero-order valence-corrected chi connectivity index (χ0v) is 10.1. The summed E-state index contributed by atoms with van der Waals surface area (Å²) in [6.45, 7) is 0.756. The number of carboxylic acids is 1. The van der Waals surface area contributed by atoms with Crippen LogP contribution in [0.3, 0.4) is 0 Å². The number of alkyl halides is 6. The Morgan fingerprint density at radius 2 is 1.67 bits per heavy atom. The molecular weight excluding hydrogens is 306 g/mol. The second kappa shape index (κ2) is 5.21. The molecule has 0 heterocycles. The number of hydrogen-bond donors (Lipinski definition) is 0. The molecule has 0 bridgehead atoms. The Kier molecular flexibility index (Phi) is 4.14.